The molecule has 6 heteroatoms. The largest absolute Gasteiger partial charge is 0.452 e. The Hall–Kier alpha value is -3.44. The molecule has 1 heterocycles. The Balaban J connectivity index is 1.57. The molecule has 0 fully saturated rings. The molecule has 0 bridgehead atoms. The average Bonchev–Trinajstić information content (AvgIpc) is 2.97. The minimum Gasteiger partial charge on any atom is -0.452 e. The Morgan fingerprint density at radius 1 is 1.04 bits per heavy atom. The van der Waals surface area contributed by atoms with Crippen molar-refractivity contribution < 1.29 is 23.5 Å². The maximum atomic E-state index is 13.3. The third kappa shape index (κ3) is 3.52. The molecule has 3 aromatic carbocycles. The molecule has 0 amide bonds. The first kappa shape index (κ1) is 17.9. The van der Waals surface area contributed by atoms with Crippen LogP contribution in [0.15, 0.2) is 72.5 Å². The van der Waals surface area contributed by atoms with Gasteiger partial charge in [0.1, 0.15) is 17.3 Å². The highest BCUT2D eigenvalue weighted by atomic mass is 35.5. The zero-order valence-electron chi connectivity index (χ0n) is 14.3. The van der Waals surface area contributed by atoms with Gasteiger partial charge in [0, 0.05) is 6.07 Å². The van der Waals surface area contributed by atoms with E-state index >= 15 is 0 Å². The molecule has 0 spiro atoms. The minimum absolute atomic E-state index is 0.0650. The van der Waals surface area contributed by atoms with Crippen LogP contribution in [-0.2, 0) is 0 Å². The van der Waals surface area contributed by atoms with Crippen molar-refractivity contribution in [1.29, 1.82) is 0 Å². The van der Waals surface area contributed by atoms with Crippen molar-refractivity contribution in [3.8, 4) is 11.5 Å². The Labute approximate surface area is 164 Å². The zero-order chi connectivity index (χ0) is 19.7. The summed E-state index contributed by atoms with van der Waals surface area (Å²) < 4.78 is 24.2. The van der Waals surface area contributed by atoms with E-state index in [0.717, 1.165) is 0 Å². The number of allylic oxidation sites excluding steroid dienone is 1. The summed E-state index contributed by atoms with van der Waals surface area (Å²) in [6, 6.07) is 16.8. The van der Waals surface area contributed by atoms with Crippen molar-refractivity contribution in [1.82, 2.24) is 0 Å². The maximum absolute atomic E-state index is 13.3. The third-order valence-corrected chi connectivity index (χ3v) is 4.42. The first-order chi connectivity index (χ1) is 13.5. The van der Waals surface area contributed by atoms with Crippen LogP contribution >= 0.6 is 11.6 Å². The summed E-state index contributed by atoms with van der Waals surface area (Å²) in [5, 5.41) is 0.278. The third-order valence-electron chi connectivity index (χ3n) is 4.09. The molecule has 0 aromatic heterocycles. The Bertz CT molecular complexity index is 1140. The van der Waals surface area contributed by atoms with Crippen LogP contribution in [0.25, 0.3) is 6.08 Å². The van der Waals surface area contributed by atoms with Crippen LogP contribution in [0.3, 0.4) is 0 Å². The summed E-state index contributed by atoms with van der Waals surface area (Å²) in [5.74, 6) is -0.824. The standard InChI is InChI=1S/C22H12ClFO4/c23-18-7-2-1-6-16(18)22(26)27-15-8-9-17-19(12-15)28-20(21(17)25)11-13-4-3-5-14(24)10-13/h1-12H. The summed E-state index contributed by atoms with van der Waals surface area (Å²) >= 11 is 6.00. The lowest BCUT2D eigenvalue weighted by Gasteiger charge is -2.06. The first-order valence-electron chi connectivity index (χ1n) is 8.32. The van der Waals surface area contributed by atoms with Gasteiger partial charge in [0.05, 0.1) is 16.1 Å². The summed E-state index contributed by atoms with van der Waals surface area (Å²) in [7, 11) is 0. The monoisotopic (exact) mass is 394 g/mol. The second-order valence-electron chi connectivity index (χ2n) is 6.02. The lowest BCUT2D eigenvalue weighted by Crippen LogP contribution is -2.09. The molecule has 138 valence electrons. The molecule has 0 aliphatic carbocycles. The van der Waals surface area contributed by atoms with E-state index < -0.39 is 11.8 Å². The van der Waals surface area contributed by atoms with Gasteiger partial charge >= 0.3 is 5.97 Å². The van der Waals surface area contributed by atoms with E-state index in [1.807, 2.05) is 0 Å². The lowest BCUT2D eigenvalue weighted by atomic mass is 10.1. The predicted molar refractivity (Wildman–Crippen MR) is 102 cm³/mol. The fourth-order valence-electron chi connectivity index (χ4n) is 2.77. The second-order valence-corrected chi connectivity index (χ2v) is 6.43. The predicted octanol–water partition coefficient (Wildman–Crippen LogP) is 5.31. The number of hydrogen-bond donors (Lipinski definition) is 0. The normalized spacial score (nSPS) is 13.9. The van der Waals surface area contributed by atoms with Gasteiger partial charge in [-0.25, -0.2) is 9.18 Å². The van der Waals surface area contributed by atoms with E-state index in [9.17, 15) is 14.0 Å². The smallest absolute Gasteiger partial charge is 0.345 e. The fourth-order valence-corrected chi connectivity index (χ4v) is 2.98. The van der Waals surface area contributed by atoms with Gasteiger partial charge in [-0.1, -0.05) is 35.9 Å². The molecular weight excluding hydrogens is 383 g/mol. The number of carbonyl (C=O) groups excluding carboxylic acids is 2. The molecule has 0 saturated heterocycles. The maximum Gasteiger partial charge on any atom is 0.345 e. The van der Waals surface area contributed by atoms with Crippen LogP contribution in [0.5, 0.6) is 11.5 Å². The van der Waals surface area contributed by atoms with E-state index in [1.165, 1.54) is 36.4 Å². The van der Waals surface area contributed by atoms with E-state index in [-0.39, 0.29) is 33.6 Å². The fraction of sp³-hybridized carbons (Fsp3) is 0. The van der Waals surface area contributed by atoms with Crippen molar-refractivity contribution in [2.75, 3.05) is 0 Å². The number of carbonyl (C=O) groups is 2. The number of benzene rings is 3. The van der Waals surface area contributed by atoms with Crippen LogP contribution in [0, 0.1) is 5.82 Å². The summed E-state index contributed by atoms with van der Waals surface area (Å²) in [5.41, 5.74) is 1.06. The molecule has 4 nitrogen and oxygen atoms in total. The summed E-state index contributed by atoms with van der Waals surface area (Å²) in [4.78, 5) is 24.7. The topological polar surface area (TPSA) is 52.6 Å². The lowest BCUT2D eigenvalue weighted by molar-refractivity contribution is 0.0734. The van der Waals surface area contributed by atoms with Gasteiger partial charge < -0.3 is 9.47 Å². The zero-order valence-corrected chi connectivity index (χ0v) is 15.1. The molecule has 3 aromatic rings. The van der Waals surface area contributed by atoms with Crippen LogP contribution in [0.4, 0.5) is 4.39 Å². The van der Waals surface area contributed by atoms with Gasteiger partial charge in [-0.2, -0.15) is 0 Å². The number of Topliss-reactive ketones (excluding diaryl/α,β-unsaturated/α-hetero) is 1. The first-order valence-corrected chi connectivity index (χ1v) is 8.69. The molecule has 0 N–H and O–H groups in total. The highest BCUT2D eigenvalue weighted by Crippen LogP contribution is 2.35. The van der Waals surface area contributed by atoms with Gasteiger partial charge in [0.25, 0.3) is 0 Å². The van der Waals surface area contributed by atoms with Crippen molar-refractivity contribution in [3.05, 3.63) is 100 Å². The Kier molecular flexibility index (Phi) is 4.67. The quantitative estimate of drug-likeness (QED) is 0.343. The molecule has 0 saturated carbocycles. The van der Waals surface area contributed by atoms with Gasteiger partial charge in [-0.15, -0.1) is 0 Å². The van der Waals surface area contributed by atoms with Crippen molar-refractivity contribution in [2.24, 2.45) is 0 Å². The molecule has 4 rings (SSSR count). The average molecular weight is 395 g/mol. The highest BCUT2D eigenvalue weighted by Gasteiger charge is 2.28. The minimum atomic E-state index is -0.620. The Morgan fingerprint density at radius 3 is 2.64 bits per heavy atom. The van der Waals surface area contributed by atoms with Gasteiger partial charge in [0.15, 0.2) is 5.76 Å². The summed E-state index contributed by atoms with van der Waals surface area (Å²) in [6.07, 6.45) is 1.46. The number of ketones is 1. The van der Waals surface area contributed by atoms with Gasteiger partial charge in [0.2, 0.25) is 5.78 Å². The number of ether oxygens (including phenoxy) is 2. The number of fused-ring (bicyclic) bond motifs is 1. The molecule has 28 heavy (non-hydrogen) atoms. The Morgan fingerprint density at radius 2 is 1.86 bits per heavy atom. The van der Waals surface area contributed by atoms with Crippen LogP contribution < -0.4 is 9.47 Å². The molecule has 1 aliphatic rings. The summed E-state index contributed by atoms with van der Waals surface area (Å²) in [6.45, 7) is 0. The number of rotatable bonds is 3. The number of halogens is 2. The highest BCUT2D eigenvalue weighted by molar-refractivity contribution is 6.33. The second kappa shape index (κ2) is 7.29. The van der Waals surface area contributed by atoms with Crippen molar-refractivity contribution in [3.63, 3.8) is 0 Å². The van der Waals surface area contributed by atoms with Gasteiger partial charge in [-0.3, -0.25) is 4.79 Å². The van der Waals surface area contributed by atoms with Gasteiger partial charge in [-0.05, 0) is 48.0 Å². The van der Waals surface area contributed by atoms with Crippen LogP contribution in [0.2, 0.25) is 5.02 Å². The van der Waals surface area contributed by atoms with Crippen LogP contribution in [-0.4, -0.2) is 11.8 Å². The van der Waals surface area contributed by atoms with E-state index in [0.29, 0.717) is 11.1 Å². The van der Waals surface area contributed by atoms with Crippen LogP contribution in [0.1, 0.15) is 26.3 Å². The van der Waals surface area contributed by atoms with E-state index in [4.69, 9.17) is 21.1 Å². The molecule has 0 unspecified atom stereocenters. The number of esters is 1. The molecule has 0 radical (unpaired) electrons. The van der Waals surface area contributed by atoms with Crippen molar-refractivity contribution in [2.45, 2.75) is 0 Å². The molecule has 0 atom stereocenters. The van der Waals surface area contributed by atoms with Crippen molar-refractivity contribution >= 4 is 29.4 Å². The number of hydrogen-bond acceptors (Lipinski definition) is 4. The molecule has 1 aliphatic heterocycles. The molecular formula is C22H12ClFO4. The van der Waals surface area contributed by atoms with E-state index in [2.05, 4.69) is 0 Å². The SMILES string of the molecule is O=C(Oc1ccc2c(c1)OC(=Cc1cccc(F)c1)C2=O)c1ccccc1Cl. The van der Waals surface area contributed by atoms with E-state index in [1.54, 1.807) is 36.4 Å².